The van der Waals surface area contributed by atoms with Crippen LogP contribution in [0.4, 0.5) is 15.4 Å². The lowest BCUT2D eigenvalue weighted by Crippen LogP contribution is -2.58. The third-order valence-corrected chi connectivity index (χ3v) is 5.88. The number of carbonyl (C=O) groups is 2. The fraction of sp³-hybridized carbons (Fsp3) is 0.625. The number of hydrogen-bond acceptors (Lipinski definition) is 6. The summed E-state index contributed by atoms with van der Waals surface area (Å²) in [5, 5.41) is 20.0. The molecular formula is C16H27N5O4Si. The lowest BCUT2D eigenvalue weighted by atomic mass is 10.1. The van der Waals surface area contributed by atoms with Crippen LogP contribution in [0.5, 0.6) is 0 Å². The molecule has 0 saturated carbocycles. The van der Waals surface area contributed by atoms with Crippen molar-refractivity contribution >= 4 is 26.1 Å². The molecule has 1 atom stereocenters. The standard InChI is InChI=1S/C16H27N5O4Si/c1-26(2,3)10-9-25-15(22)17-11-13-12-20(16(23)24)7-8-21(13)14-5-4-6-18-19-14/h4-6,13H,7-12H2,1-3H3,(H,17,22)(H,23,24)/t13-/m0/s1. The number of anilines is 1. The van der Waals surface area contributed by atoms with Gasteiger partial charge in [-0.25, -0.2) is 9.59 Å². The van der Waals surface area contributed by atoms with E-state index >= 15 is 0 Å². The van der Waals surface area contributed by atoms with Crippen molar-refractivity contribution in [2.75, 3.05) is 37.7 Å². The third-order valence-electron chi connectivity index (χ3n) is 4.17. The number of aromatic nitrogens is 2. The van der Waals surface area contributed by atoms with Crippen LogP contribution in [0.15, 0.2) is 18.3 Å². The molecule has 2 heterocycles. The van der Waals surface area contributed by atoms with E-state index in [1.165, 1.54) is 4.90 Å². The second-order valence-electron chi connectivity index (χ2n) is 7.49. The molecule has 0 aromatic carbocycles. The van der Waals surface area contributed by atoms with Crippen LogP contribution in [0, 0.1) is 0 Å². The van der Waals surface area contributed by atoms with Gasteiger partial charge in [0, 0.05) is 40.4 Å². The first-order valence-electron chi connectivity index (χ1n) is 8.69. The second kappa shape index (κ2) is 8.83. The van der Waals surface area contributed by atoms with Crippen LogP contribution < -0.4 is 10.2 Å². The summed E-state index contributed by atoms with van der Waals surface area (Å²) in [4.78, 5) is 26.5. The number of hydrogen-bond donors (Lipinski definition) is 2. The van der Waals surface area contributed by atoms with Crippen molar-refractivity contribution in [2.24, 2.45) is 0 Å². The van der Waals surface area contributed by atoms with Gasteiger partial charge in [0.1, 0.15) is 0 Å². The van der Waals surface area contributed by atoms with E-state index < -0.39 is 20.3 Å². The van der Waals surface area contributed by atoms with Crippen LogP contribution >= 0.6 is 0 Å². The smallest absolute Gasteiger partial charge is 0.407 e. The molecule has 26 heavy (non-hydrogen) atoms. The number of amides is 2. The summed E-state index contributed by atoms with van der Waals surface area (Å²) in [6, 6.07) is 4.27. The molecule has 1 aliphatic rings. The molecule has 0 bridgehead atoms. The molecule has 0 spiro atoms. The van der Waals surface area contributed by atoms with E-state index in [1.807, 2.05) is 11.0 Å². The summed E-state index contributed by atoms with van der Waals surface area (Å²) >= 11 is 0. The SMILES string of the molecule is C[Si](C)(C)CCOC(=O)NC[C@H]1CN(C(=O)O)CCN1c1cccnn1. The number of nitrogens with zero attached hydrogens (tertiary/aromatic N) is 4. The van der Waals surface area contributed by atoms with Crippen molar-refractivity contribution in [3.05, 3.63) is 18.3 Å². The molecule has 1 aromatic heterocycles. The Labute approximate surface area is 154 Å². The number of nitrogens with one attached hydrogen (secondary N) is 1. The van der Waals surface area contributed by atoms with Gasteiger partial charge in [0.25, 0.3) is 0 Å². The highest BCUT2D eigenvalue weighted by atomic mass is 28.3. The molecule has 0 unspecified atom stereocenters. The summed E-state index contributed by atoms with van der Waals surface area (Å²) in [7, 11) is -1.26. The minimum atomic E-state index is -1.26. The van der Waals surface area contributed by atoms with Crippen LogP contribution in [0.1, 0.15) is 0 Å². The molecule has 144 valence electrons. The molecule has 2 amide bonds. The Hall–Kier alpha value is -2.36. The van der Waals surface area contributed by atoms with Crippen molar-refractivity contribution in [2.45, 2.75) is 31.7 Å². The van der Waals surface area contributed by atoms with Crippen LogP contribution in [0.25, 0.3) is 0 Å². The average molecular weight is 382 g/mol. The van der Waals surface area contributed by atoms with Crippen LogP contribution in [0.2, 0.25) is 25.7 Å². The number of piperazine rings is 1. The highest BCUT2D eigenvalue weighted by molar-refractivity contribution is 6.76. The van der Waals surface area contributed by atoms with Crippen molar-refractivity contribution < 1.29 is 19.4 Å². The summed E-state index contributed by atoms with van der Waals surface area (Å²) < 4.78 is 5.23. The first-order chi connectivity index (χ1) is 12.3. The predicted molar refractivity (Wildman–Crippen MR) is 100 cm³/mol. The van der Waals surface area contributed by atoms with Crippen molar-refractivity contribution in [3.8, 4) is 0 Å². The van der Waals surface area contributed by atoms with Crippen molar-refractivity contribution in [1.82, 2.24) is 20.4 Å². The van der Waals surface area contributed by atoms with Gasteiger partial charge in [-0.2, -0.15) is 5.10 Å². The third kappa shape index (κ3) is 6.17. The molecule has 2 N–H and O–H groups in total. The lowest BCUT2D eigenvalue weighted by Gasteiger charge is -2.40. The molecule has 1 aromatic rings. The van der Waals surface area contributed by atoms with Gasteiger partial charge in [-0.15, -0.1) is 5.10 Å². The number of alkyl carbamates (subject to hydrolysis) is 1. The zero-order valence-electron chi connectivity index (χ0n) is 15.5. The molecule has 9 nitrogen and oxygen atoms in total. The highest BCUT2D eigenvalue weighted by Crippen LogP contribution is 2.17. The van der Waals surface area contributed by atoms with Crippen molar-refractivity contribution in [3.63, 3.8) is 0 Å². The molecule has 10 heteroatoms. The molecule has 2 rings (SSSR count). The second-order valence-corrected chi connectivity index (χ2v) is 13.1. The van der Waals surface area contributed by atoms with E-state index in [-0.39, 0.29) is 19.1 Å². The monoisotopic (exact) mass is 381 g/mol. The maximum atomic E-state index is 11.9. The average Bonchev–Trinajstić information content (AvgIpc) is 2.59. The highest BCUT2D eigenvalue weighted by Gasteiger charge is 2.30. The molecule has 1 aliphatic heterocycles. The predicted octanol–water partition coefficient (Wildman–Crippen LogP) is 1.71. The number of carbonyl (C=O) groups excluding carboxylic acids is 1. The molecule has 1 saturated heterocycles. The van der Waals surface area contributed by atoms with Crippen LogP contribution in [-0.2, 0) is 4.74 Å². The van der Waals surface area contributed by atoms with Crippen molar-refractivity contribution in [1.29, 1.82) is 0 Å². The Morgan fingerprint density at radius 3 is 2.77 bits per heavy atom. The van der Waals surface area contributed by atoms with E-state index in [1.54, 1.807) is 12.3 Å². The van der Waals surface area contributed by atoms with Gasteiger partial charge < -0.3 is 25.0 Å². The van der Waals surface area contributed by atoms with Crippen LogP contribution in [0.3, 0.4) is 0 Å². The maximum absolute atomic E-state index is 11.9. The van der Waals surface area contributed by atoms with E-state index in [4.69, 9.17) is 4.74 Å². The molecule has 1 fully saturated rings. The molecule has 0 aliphatic carbocycles. The molecule has 0 radical (unpaired) electrons. The Bertz CT molecular complexity index is 610. The topological polar surface area (TPSA) is 108 Å². The number of carboxylic acid groups (broad SMARTS) is 1. The first kappa shape index (κ1) is 20.0. The Balaban J connectivity index is 1.93. The maximum Gasteiger partial charge on any atom is 0.407 e. The van der Waals surface area contributed by atoms with Gasteiger partial charge in [-0.1, -0.05) is 19.6 Å². The minimum absolute atomic E-state index is 0.235. The van der Waals surface area contributed by atoms with Gasteiger partial charge in [0.15, 0.2) is 5.82 Å². The number of ether oxygens (including phenoxy) is 1. The van der Waals surface area contributed by atoms with E-state index in [9.17, 15) is 14.7 Å². The number of rotatable bonds is 6. The Morgan fingerprint density at radius 2 is 2.15 bits per heavy atom. The van der Waals surface area contributed by atoms with Gasteiger partial charge in [-0.05, 0) is 18.2 Å². The minimum Gasteiger partial charge on any atom is -0.465 e. The fourth-order valence-corrected chi connectivity index (χ4v) is 3.37. The van der Waals surface area contributed by atoms with Gasteiger partial charge in [-0.3, -0.25) is 0 Å². The largest absolute Gasteiger partial charge is 0.465 e. The lowest BCUT2D eigenvalue weighted by molar-refractivity contribution is 0.132. The summed E-state index contributed by atoms with van der Waals surface area (Å²) in [5.74, 6) is 0.663. The van der Waals surface area contributed by atoms with E-state index in [0.29, 0.717) is 25.5 Å². The van der Waals surface area contributed by atoms with E-state index in [2.05, 4.69) is 35.2 Å². The zero-order chi connectivity index (χ0) is 19.2. The Kier molecular flexibility index (Phi) is 6.78. The fourth-order valence-electron chi connectivity index (χ4n) is 2.65. The van der Waals surface area contributed by atoms with Gasteiger partial charge in [0.05, 0.1) is 12.6 Å². The van der Waals surface area contributed by atoms with Gasteiger partial charge >= 0.3 is 12.2 Å². The Morgan fingerprint density at radius 1 is 1.38 bits per heavy atom. The molecular weight excluding hydrogens is 354 g/mol. The summed E-state index contributed by atoms with van der Waals surface area (Å²) in [6.45, 7) is 8.47. The first-order valence-corrected chi connectivity index (χ1v) is 12.4. The summed E-state index contributed by atoms with van der Waals surface area (Å²) in [6.07, 6.45) is 0.140. The zero-order valence-corrected chi connectivity index (χ0v) is 16.5. The van der Waals surface area contributed by atoms with Crippen LogP contribution in [-0.4, -0.2) is 79.3 Å². The summed E-state index contributed by atoms with van der Waals surface area (Å²) in [5.41, 5.74) is 0. The quantitative estimate of drug-likeness (QED) is 0.722. The van der Waals surface area contributed by atoms with Gasteiger partial charge in [0.2, 0.25) is 0 Å². The normalized spacial score (nSPS) is 17.7. The van der Waals surface area contributed by atoms with E-state index in [0.717, 1.165) is 6.04 Å².